The number of para-hydroxylation sites is 1. The van der Waals surface area contributed by atoms with Crippen molar-refractivity contribution in [3.8, 4) is 27.9 Å². The Balaban J connectivity index is 2.20. The monoisotopic (exact) mass is 424 g/mol. The van der Waals surface area contributed by atoms with Gasteiger partial charge in [0.2, 0.25) is 16.0 Å². The number of methoxy groups -OCH3 is 2. The van der Waals surface area contributed by atoms with Crippen molar-refractivity contribution < 1.29 is 23.0 Å². The third-order valence-corrected chi connectivity index (χ3v) is 6.03. The van der Waals surface area contributed by atoms with E-state index in [-0.39, 0.29) is 24.7 Å². The SMILES string of the molecule is COc1cccc(OC)c1-n1c(NS(=O)(=O)CCCO)nnc1-c1cccs1. The molecule has 0 bridgehead atoms. The van der Waals surface area contributed by atoms with Gasteiger partial charge in [0.1, 0.15) is 17.2 Å². The summed E-state index contributed by atoms with van der Waals surface area (Å²) in [6, 6.07) is 8.96. The van der Waals surface area contributed by atoms with Crippen LogP contribution in [0.25, 0.3) is 16.4 Å². The van der Waals surface area contributed by atoms with Crippen LogP contribution >= 0.6 is 11.3 Å². The molecule has 9 nitrogen and oxygen atoms in total. The summed E-state index contributed by atoms with van der Waals surface area (Å²) in [6.45, 7) is -0.228. The minimum absolute atomic E-state index is 0.00383. The molecule has 0 amide bonds. The number of aliphatic hydroxyl groups is 1. The quantitative estimate of drug-likeness (QED) is 0.541. The van der Waals surface area contributed by atoms with Crippen molar-refractivity contribution >= 4 is 27.3 Å². The van der Waals surface area contributed by atoms with Crippen LogP contribution in [0.3, 0.4) is 0 Å². The van der Waals surface area contributed by atoms with E-state index in [1.807, 2.05) is 17.5 Å². The molecule has 0 atom stereocenters. The first-order valence-corrected chi connectivity index (χ1v) is 10.9. The smallest absolute Gasteiger partial charge is 0.243 e. The fourth-order valence-electron chi connectivity index (χ4n) is 2.62. The minimum atomic E-state index is -3.73. The predicted octanol–water partition coefficient (Wildman–Crippen LogP) is 2.14. The van der Waals surface area contributed by atoms with Crippen molar-refractivity contribution in [3.63, 3.8) is 0 Å². The summed E-state index contributed by atoms with van der Waals surface area (Å²) in [5.74, 6) is 1.13. The van der Waals surface area contributed by atoms with E-state index in [0.29, 0.717) is 23.0 Å². The Kier molecular flexibility index (Phi) is 6.17. The number of nitrogens with one attached hydrogen (secondary N) is 1. The fourth-order valence-corrected chi connectivity index (χ4v) is 4.34. The number of benzene rings is 1. The van der Waals surface area contributed by atoms with Gasteiger partial charge in [0.25, 0.3) is 0 Å². The Bertz CT molecular complexity index is 1010. The number of anilines is 1. The molecular formula is C17H20N4O5S2. The molecule has 0 radical (unpaired) electrons. The van der Waals surface area contributed by atoms with Crippen molar-refractivity contribution in [3.05, 3.63) is 35.7 Å². The van der Waals surface area contributed by atoms with Gasteiger partial charge in [-0.25, -0.2) is 8.42 Å². The zero-order valence-electron chi connectivity index (χ0n) is 15.3. The number of ether oxygens (including phenoxy) is 2. The summed E-state index contributed by atoms with van der Waals surface area (Å²) in [6.07, 6.45) is 0.110. The second-order valence-corrected chi connectivity index (χ2v) is 8.46. The van der Waals surface area contributed by atoms with Crippen LogP contribution in [0.4, 0.5) is 5.95 Å². The number of hydrogen-bond acceptors (Lipinski definition) is 8. The van der Waals surface area contributed by atoms with Gasteiger partial charge in [-0.05, 0) is 30.0 Å². The zero-order chi connectivity index (χ0) is 20.1. The molecular weight excluding hydrogens is 404 g/mol. The lowest BCUT2D eigenvalue weighted by Gasteiger charge is -2.17. The number of aliphatic hydroxyl groups excluding tert-OH is 1. The Morgan fingerprint density at radius 2 is 1.86 bits per heavy atom. The normalized spacial score (nSPS) is 11.4. The molecule has 150 valence electrons. The largest absolute Gasteiger partial charge is 0.494 e. The van der Waals surface area contributed by atoms with Crippen LogP contribution in [0.2, 0.25) is 0 Å². The van der Waals surface area contributed by atoms with Crippen molar-refractivity contribution in [1.29, 1.82) is 0 Å². The van der Waals surface area contributed by atoms with Crippen molar-refractivity contribution in [2.75, 3.05) is 31.3 Å². The summed E-state index contributed by atoms with van der Waals surface area (Å²) in [4.78, 5) is 0.793. The van der Waals surface area contributed by atoms with E-state index >= 15 is 0 Å². The van der Waals surface area contributed by atoms with Crippen LogP contribution in [0, 0.1) is 0 Å². The second kappa shape index (κ2) is 8.59. The van der Waals surface area contributed by atoms with Gasteiger partial charge in [0.15, 0.2) is 5.82 Å². The van der Waals surface area contributed by atoms with E-state index in [0.717, 1.165) is 4.88 Å². The topological polar surface area (TPSA) is 116 Å². The maximum atomic E-state index is 12.4. The summed E-state index contributed by atoms with van der Waals surface area (Å²) >= 11 is 1.44. The summed E-state index contributed by atoms with van der Waals surface area (Å²) in [7, 11) is -0.709. The molecule has 1 aromatic carbocycles. The maximum absolute atomic E-state index is 12.4. The van der Waals surface area contributed by atoms with Gasteiger partial charge in [0, 0.05) is 6.61 Å². The van der Waals surface area contributed by atoms with Crippen LogP contribution < -0.4 is 14.2 Å². The van der Waals surface area contributed by atoms with E-state index in [9.17, 15) is 8.42 Å². The lowest BCUT2D eigenvalue weighted by atomic mass is 10.2. The average molecular weight is 425 g/mol. The Morgan fingerprint density at radius 1 is 1.14 bits per heavy atom. The Hall–Kier alpha value is -2.63. The molecule has 0 unspecified atom stereocenters. The second-order valence-electron chi connectivity index (χ2n) is 5.67. The van der Waals surface area contributed by atoms with Gasteiger partial charge in [0.05, 0.1) is 24.8 Å². The van der Waals surface area contributed by atoms with Crippen molar-refractivity contribution in [2.24, 2.45) is 0 Å². The zero-order valence-corrected chi connectivity index (χ0v) is 17.0. The first-order chi connectivity index (χ1) is 13.5. The maximum Gasteiger partial charge on any atom is 0.243 e. The molecule has 0 aliphatic carbocycles. The third-order valence-electron chi connectivity index (χ3n) is 3.85. The van der Waals surface area contributed by atoms with E-state index in [1.54, 1.807) is 22.8 Å². The molecule has 0 aliphatic heterocycles. The van der Waals surface area contributed by atoms with E-state index < -0.39 is 10.0 Å². The number of sulfonamides is 1. The molecule has 0 saturated carbocycles. The summed E-state index contributed by atoms with van der Waals surface area (Å²) in [5, 5.41) is 19.1. The van der Waals surface area contributed by atoms with Gasteiger partial charge in [-0.15, -0.1) is 21.5 Å². The lowest BCUT2D eigenvalue weighted by Crippen LogP contribution is -2.20. The molecule has 0 aliphatic rings. The first kappa shape index (κ1) is 20.1. The van der Waals surface area contributed by atoms with Crippen LogP contribution in [0.1, 0.15) is 6.42 Å². The Morgan fingerprint density at radius 3 is 2.43 bits per heavy atom. The molecule has 0 fully saturated rings. The summed E-state index contributed by atoms with van der Waals surface area (Å²) < 4.78 is 39.7. The van der Waals surface area contributed by atoms with Crippen LogP contribution in [0.15, 0.2) is 35.7 Å². The number of rotatable bonds is 9. The van der Waals surface area contributed by atoms with Gasteiger partial charge in [-0.3, -0.25) is 9.29 Å². The van der Waals surface area contributed by atoms with E-state index in [4.69, 9.17) is 14.6 Å². The molecule has 2 N–H and O–H groups in total. The third kappa shape index (κ3) is 4.11. The Labute approximate surface area is 166 Å². The van der Waals surface area contributed by atoms with Crippen LogP contribution in [-0.2, 0) is 10.0 Å². The fraction of sp³-hybridized carbons (Fsp3) is 0.294. The highest BCUT2D eigenvalue weighted by atomic mass is 32.2. The van der Waals surface area contributed by atoms with Crippen LogP contribution in [-0.4, -0.2) is 54.9 Å². The molecule has 0 saturated heterocycles. The van der Waals surface area contributed by atoms with Gasteiger partial charge in [-0.1, -0.05) is 12.1 Å². The highest BCUT2D eigenvalue weighted by molar-refractivity contribution is 7.92. The van der Waals surface area contributed by atoms with Gasteiger partial charge < -0.3 is 14.6 Å². The highest BCUT2D eigenvalue weighted by Gasteiger charge is 2.25. The predicted molar refractivity (Wildman–Crippen MR) is 107 cm³/mol. The van der Waals surface area contributed by atoms with Gasteiger partial charge in [-0.2, -0.15) is 0 Å². The average Bonchev–Trinajstić information content (AvgIpc) is 3.35. The molecule has 3 rings (SSSR count). The van der Waals surface area contributed by atoms with Crippen molar-refractivity contribution in [1.82, 2.24) is 14.8 Å². The molecule has 28 heavy (non-hydrogen) atoms. The lowest BCUT2D eigenvalue weighted by molar-refractivity contribution is 0.295. The van der Waals surface area contributed by atoms with E-state index in [2.05, 4.69) is 14.9 Å². The number of thiophene rings is 1. The number of aromatic nitrogens is 3. The molecule has 0 spiro atoms. The summed E-state index contributed by atoms with van der Waals surface area (Å²) in [5.41, 5.74) is 0.473. The molecule has 2 heterocycles. The number of nitrogens with zero attached hydrogens (tertiary/aromatic N) is 3. The van der Waals surface area contributed by atoms with Gasteiger partial charge >= 0.3 is 0 Å². The molecule has 2 aromatic heterocycles. The standard InChI is InChI=1S/C17H20N4O5S2/c1-25-12-6-3-7-13(26-2)15(12)21-16(14-8-4-10-27-14)18-19-17(21)20-28(23,24)11-5-9-22/h3-4,6-8,10,22H,5,9,11H2,1-2H3,(H,19,20). The number of hydrogen-bond donors (Lipinski definition) is 2. The first-order valence-electron chi connectivity index (χ1n) is 8.32. The molecule has 11 heteroatoms. The van der Waals surface area contributed by atoms with Crippen molar-refractivity contribution in [2.45, 2.75) is 6.42 Å². The molecule has 3 aromatic rings. The van der Waals surface area contributed by atoms with E-state index in [1.165, 1.54) is 25.6 Å². The highest BCUT2D eigenvalue weighted by Crippen LogP contribution is 2.38. The van der Waals surface area contributed by atoms with Crippen LogP contribution in [0.5, 0.6) is 11.5 Å². The minimum Gasteiger partial charge on any atom is -0.494 e.